The number of halogens is 1. The zero-order valence-electron chi connectivity index (χ0n) is 14.7. The highest BCUT2D eigenvalue weighted by atomic mass is 35.5. The van der Waals surface area contributed by atoms with E-state index < -0.39 is 0 Å². The number of aromatic nitrogens is 1. The molecular weight excluding hydrogens is 324 g/mol. The van der Waals surface area contributed by atoms with Gasteiger partial charge in [0.25, 0.3) is 0 Å². The molecule has 0 amide bonds. The molecule has 2 unspecified atom stereocenters. The van der Waals surface area contributed by atoms with Gasteiger partial charge in [-0.2, -0.15) is 0 Å². The second kappa shape index (κ2) is 7.16. The summed E-state index contributed by atoms with van der Waals surface area (Å²) in [5.74, 6) is 0.651. The number of aryl methyl sites for hydroxylation is 1. The molecule has 0 bridgehead atoms. The molecule has 2 aromatic rings. The van der Waals surface area contributed by atoms with E-state index in [9.17, 15) is 4.79 Å². The summed E-state index contributed by atoms with van der Waals surface area (Å²) in [7, 11) is 1.61. The molecule has 2 N–H and O–H groups in total. The number of quaternary nitrogens is 1. The van der Waals surface area contributed by atoms with Crippen LogP contribution in [0.2, 0.25) is 5.02 Å². The zero-order valence-corrected chi connectivity index (χ0v) is 15.4. The fraction of sp³-hybridized carbons (Fsp3) is 0.526. The van der Waals surface area contributed by atoms with Crippen LogP contribution < -0.4 is 15.1 Å². The smallest absolute Gasteiger partial charge is 0.200 e. The van der Waals surface area contributed by atoms with Crippen LogP contribution in [0, 0.1) is 6.92 Å². The molecule has 1 aliphatic rings. The Morgan fingerprint density at radius 3 is 2.88 bits per heavy atom. The molecule has 1 aromatic heterocycles. The molecule has 0 aliphatic carbocycles. The van der Waals surface area contributed by atoms with Crippen LogP contribution in [0.5, 0.6) is 5.75 Å². The summed E-state index contributed by atoms with van der Waals surface area (Å²) >= 11 is 6.33. The summed E-state index contributed by atoms with van der Waals surface area (Å²) in [5, 5.41) is 1.02. The molecule has 1 aromatic carbocycles. The molecule has 24 heavy (non-hydrogen) atoms. The maximum absolute atomic E-state index is 13.1. The fourth-order valence-electron chi connectivity index (χ4n) is 3.97. The van der Waals surface area contributed by atoms with E-state index in [1.807, 2.05) is 6.92 Å². The molecule has 1 fully saturated rings. The number of piperidine rings is 1. The fourth-order valence-corrected chi connectivity index (χ4v) is 4.22. The van der Waals surface area contributed by atoms with Crippen molar-refractivity contribution in [3.05, 3.63) is 38.6 Å². The Kier molecular flexibility index (Phi) is 5.16. The van der Waals surface area contributed by atoms with Crippen LogP contribution in [0.15, 0.2) is 16.9 Å². The van der Waals surface area contributed by atoms with Crippen molar-refractivity contribution >= 4 is 22.5 Å². The Hall–Kier alpha value is -1.52. The quantitative estimate of drug-likeness (QED) is 0.891. The van der Waals surface area contributed by atoms with Crippen molar-refractivity contribution in [2.24, 2.45) is 0 Å². The van der Waals surface area contributed by atoms with Gasteiger partial charge in [0.2, 0.25) is 0 Å². The van der Waals surface area contributed by atoms with Gasteiger partial charge < -0.3 is 14.6 Å². The maximum atomic E-state index is 13.1. The minimum Gasteiger partial charge on any atom is -0.495 e. The van der Waals surface area contributed by atoms with E-state index in [2.05, 4.69) is 11.9 Å². The van der Waals surface area contributed by atoms with E-state index in [0.29, 0.717) is 27.7 Å². The molecule has 4 nitrogen and oxygen atoms in total. The van der Waals surface area contributed by atoms with Crippen LogP contribution >= 0.6 is 11.6 Å². The number of aromatic amines is 1. The molecule has 1 aliphatic heterocycles. The lowest BCUT2D eigenvalue weighted by atomic mass is 9.98. The molecule has 1 saturated heterocycles. The first-order valence-corrected chi connectivity index (χ1v) is 9.17. The third-order valence-corrected chi connectivity index (χ3v) is 5.69. The maximum Gasteiger partial charge on any atom is 0.200 e. The van der Waals surface area contributed by atoms with Gasteiger partial charge >= 0.3 is 0 Å². The number of likely N-dealkylation sites (tertiary alicyclic amines) is 1. The molecule has 0 spiro atoms. The van der Waals surface area contributed by atoms with Gasteiger partial charge in [0.05, 0.1) is 41.2 Å². The first kappa shape index (κ1) is 17.3. The summed E-state index contributed by atoms with van der Waals surface area (Å²) in [4.78, 5) is 18.0. The number of benzene rings is 1. The molecule has 3 rings (SSSR count). The van der Waals surface area contributed by atoms with Crippen LogP contribution in [0.25, 0.3) is 10.9 Å². The monoisotopic (exact) mass is 349 g/mol. The topological polar surface area (TPSA) is 46.5 Å². The molecule has 0 saturated carbocycles. The largest absolute Gasteiger partial charge is 0.495 e. The van der Waals surface area contributed by atoms with E-state index in [0.717, 1.165) is 30.8 Å². The predicted octanol–water partition coefficient (Wildman–Crippen LogP) is 2.85. The summed E-state index contributed by atoms with van der Waals surface area (Å²) < 4.78 is 5.38. The van der Waals surface area contributed by atoms with E-state index in [1.165, 1.54) is 24.2 Å². The van der Waals surface area contributed by atoms with Gasteiger partial charge in [-0.05, 0) is 44.7 Å². The minimum atomic E-state index is 0.0399. The van der Waals surface area contributed by atoms with Crippen LogP contribution in [0.4, 0.5) is 0 Å². The Morgan fingerprint density at radius 1 is 1.38 bits per heavy atom. The van der Waals surface area contributed by atoms with Crippen LogP contribution in [-0.2, 0) is 6.54 Å². The molecule has 5 heteroatoms. The Balaban J connectivity index is 2.09. The summed E-state index contributed by atoms with van der Waals surface area (Å²) in [6, 6.07) is 4.18. The highest BCUT2D eigenvalue weighted by Gasteiger charge is 2.27. The number of fused-ring (bicyclic) bond motifs is 1. The standard InChI is InChI=1S/C19H25ClN2O2/c1-4-13-7-5-6-10-22(13)11-14-12(2)21-18-16(24-3)9-8-15(20)17(18)19(14)23/h8-9,13H,4-7,10-11H2,1-3H3,(H,21,23)/p+1. The average Bonchev–Trinajstić information content (AvgIpc) is 2.59. The average molecular weight is 350 g/mol. The summed E-state index contributed by atoms with van der Waals surface area (Å²) in [5.41, 5.74) is 2.50. The number of pyridine rings is 1. The predicted molar refractivity (Wildman–Crippen MR) is 98.3 cm³/mol. The number of hydrogen-bond donors (Lipinski definition) is 2. The molecule has 0 radical (unpaired) electrons. The van der Waals surface area contributed by atoms with Gasteiger partial charge in [0.1, 0.15) is 12.3 Å². The van der Waals surface area contributed by atoms with Gasteiger partial charge in [0.15, 0.2) is 5.43 Å². The Morgan fingerprint density at radius 2 is 2.17 bits per heavy atom. The second-order valence-electron chi connectivity index (χ2n) is 6.74. The third-order valence-electron chi connectivity index (χ3n) is 5.38. The minimum absolute atomic E-state index is 0.0399. The Bertz CT molecular complexity index is 800. The third kappa shape index (κ3) is 3.05. The van der Waals surface area contributed by atoms with Gasteiger partial charge in [-0.25, -0.2) is 0 Å². The van der Waals surface area contributed by atoms with Gasteiger partial charge in [-0.1, -0.05) is 18.5 Å². The van der Waals surface area contributed by atoms with Crippen molar-refractivity contribution in [2.45, 2.75) is 52.1 Å². The number of hydrogen-bond acceptors (Lipinski definition) is 2. The van der Waals surface area contributed by atoms with Crippen LogP contribution in [-0.4, -0.2) is 24.7 Å². The summed E-state index contributed by atoms with van der Waals surface area (Å²) in [6.07, 6.45) is 4.96. The van der Waals surface area contributed by atoms with Gasteiger partial charge in [-0.15, -0.1) is 0 Å². The van der Waals surface area contributed by atoms with Gasteiger partial charge in [-0.3, -0.25) is 4.79 Å². The molecular formula is C19H26ClN2O2+. The Labute approximate surface area is 147 Å². The van der Waals surface area contributed by atoms with Crippen LogP contribution in [0.3, 0.4) is 0 Å². The lowest BCUT2D eigenvalue weighted by molar-refractivity contribution is -0.944. The number of H-pyrrole nitrogens is 1. The SMILES string of the molecule is CCC1CCCC[NH+]1Cc1c(C)[nH]c2c(OC)ccc(Cl)c2c1=O. The normalized spacial score (nSPS) is 21.2. The number of ether oxygens (including phenoxy) is 1. The molecule has 2 heterocycles. The van der Waals surface area contributed by atoms with Crippen molar-refractivity contribution in [1.82, 2.24) is 4.98 Å². The van der Waals surface area contributed by atoms with Crippen molar-refractivity contribution in [2.75, 3.05) is 13.7 Å². The van der Waals surface area contributed by atoms with Crippen LogP contribution in [0.1, 0.15) is 43.9 Å². The lowest BCUT2D eigenvalue weighted by Crippen LogP contribution is -3.15. The lowest BCUT2D eigenvalue weighted by Gasteiger charge is -2.32. The zero-order chi connectivity index (χ0) is 17.3. The van der Waals surface area contributed by atoms with Crippen molar-refractivity contribution in [3.63, 3.8) is 0 Å². The number of methoxy groups -OCH3 is 1. The molecule has 130 valence electrons. The first-order chi connectivity index (χ1) is 11.6. The van der Waals surface area contributed by atoms with Crippen molar-refractivity contribution in [1.29, 1.82) is 0 Å². The summed E-state index contributed by atoms with van der Waals surface area (Å²) in [6.45, 7) is 6.13. The van der Waals surface area contributed by atoms with E-state index in [1.54, 1.807) is 19.2 Å². The number of nitrogens with one attached hydrogen (secondary N) is 2. The number of rotatable bonds is 4. The van der Waals surface area contributed by atoms with E-state index in [4.69, 9.17) is 16.3 Å². The first-order valence-electron chi connectivity index (χ1n) is 8.79. The highest BCUT2D eigenvalue weighted by Crippen LogP contribution is 2.28. The van der Waals surface area contributed by atoms with E-state index in [-0.39, 0.29) is 5.43 Å². The van der Waals surface area contributed by atoms with Crippen molar-refractivity contribution < 1.29 is 9.64 Å². The highest BCUT2D eigenvalue weighted by molar-refractivity contribution is 6.35. The van der Waals surface area contributed by atoms with Crippen molar-refractivity contribution in [3.8, 4) is 5.75 Å². The van der Waals surface area contributed by atoms with E-state index >= 15 is 0 Å². The second-order valence-corrected chi connectivity index (χ2v) is 7.15. The van der Waals surface area contributed by atoms with Gasteiger partial charge in [0, 0.05) is 5.69 Å². The molecule has 2 atom stereocenters.